The van der Waals surface area contributed by atoms with E-state index in [1.165, 1.54) is 0 Å². The molecule has 1 aliphatic heterocycles. The molecule has 1 aromatic rings. The van der Waals surface area contributed by atoms with E-state index < -0.39 is 18.3 Å². The molecule has 1 aliphatic rings. The fourth-order valence-electron chi connectivity index (χ4n) is 1.23. The summed E-state index contributed by atoms with van der Waals surface area (Å²) in [5.41, 5.74) is 5.01. The number of primary amides is 1. The lowest BCUT2D eigenvalue weighted by Crippen LogP contribution is -2.48. The summed E-state index contributed by atoms with van der Waals surface area (Å²) in [6, 6.07) is 6.74. The molecule has 5 heteroatoms. The number of aliphatic hydroxyl groups excluding tert-OH is 1. The third-order valence-electron chi connectivity index (χ3n) is 1.89. The molecule has 2 rings (SSSR count). The highest BCUT2D eigenvalue weighted by Gasteiger charge is 2.33. The van der Waals surface area contributed by atoms with Crippen LogP contribution in [0.5, 0.6) is 11.5 Å². The molecule has 1 aromatic carbocycles. The highest BCUT2D eigenvalue weighted by molar-refractivity contribution is 5.80. The number of carbonyl (C=O) groups excluding carboxylic acids is 1. The predicted molar refractivity (Wildman–Crippen MR) is 46.7 cm³/mol. The molecule has 1 amide bonds. The molecule has 74 valence electrons. The molecule has 0 saturated heterocycles. The maximum atomic E-state index is 10.8. The molecule has 1 heterocycles. The van der Waals surface area contributed by atoms with Gasteiger partial charge in [0.1, 0.15) is 0 Å². The molecule has 5 nitrogen and oxygen atoms in total. The van der Waals surface area contributed by atoms with E-state index >= 15 is 0 Å². The molecule has 0 aromatic heterocycles. The van der Waals surface area contributed by atoms with Crippen LogP contribution < -0.4 is 15.2 Å². The van der Waals surface area contributed by atoms with E-state index in [9.17, 15) is 9.90 Å². The lowest BCUT2D eigenvalue weighted by Gasteiger charge is -2.28. The molecule has 3 N–H and O–H groups in total. The number of hydrogen-bond donors (Lipinski definition) is 2. The average Bonchev–Trinajstić information content (AvgIpc) is 2.16. The van der Waals surface area contributed by atoms with Crippen molar-refractivity contribution in [2.24, 2.45) is 5.73 Å². The van der Waals surface area contributed by atoms with Crippen LogP contribution >= 0.6 is 0 Å². The first kappa shape index (κ1) is 8.83. The monoisotopic (exact) mass is 195 g/mol. The van der Waals surface area contributed by atoms with E-state index in [0.717, 1.165) is 0 Å². The van der Waals surface area contributed by atoms with Crippen LogP contribution in [-0.4, -0.2) is 23.4 Å². The minimum atomic E-state index is -1.35. The number of fused-ring (bicyclic) bond motifs is 1. The largest absolute Gasteiger partial charge is 0.470 e. The van der Waals surface area contributed by atoms with E-state index in [0.29, 0.717) is 11.5 Å². The Labute approximate surface area is 80.0 Å². The number of para-hydroxylation sites is 2. The minimum absolute atomic E-state index is 0.400. The van der Waals surface area contributed by atoms with Crippen molar-refractivity contribution in [2.45, 2.75) is 12.4 Å². The van der Waals surface area contributed by atoms with E-state index in [2.05, 4.69) is 0 Å². The Morgan fingerprint density at radius 2 is 1.86 bits per heavy atom. The van der Waals surface area contributed by atoms with Crippen LogP contribution in [0.4, 0.5) is 0 Å². The Hall–Kier alpha value is -1.75. The maximum absolute atomic E-state index is 10.8. The predicted octanol–water partition coefficient (Wildman–Crippen LogP) is -0.370. The fourth-order valence-corrected chi connectivity index (χ4v) is 1.23. The summed E-state index contributed by atoms with van der Waals surface area (Å²) in [4.78, 5) is 10.8. The van der Waals surface area contributed by atoms with Crippen molar-refractivity contribution in [3.05, 3.63) is 24.3 Å². The second-order valence-corrected chi connectivity index (χ2v) is 2.90. The van der Waals surface area contributed by atoms with Gasteiger partial charge in [0.25, 0.3) is 5.91 Å². The van der Waals surface area contributed by atoms with Gasteiger partial charge in [-0.1, -0.05) is 12.1 Å². The topological polar surface area (TPSA) is 81.8 Å². The second kappa shape index (κ2) is 3.19. The zero-order chi connectivity index (χ0) is 10.1. The number of amides is 1. The van der Waals surface area contributed by atoms with Crippen LogP contribution in [0.3, 0.4) is 0 Å². The van der Waals surface area contributed by atoms with Gasteiger partial charge in [-0.15, -0.1) is 0 Å². The third-order valence-corrected chi connectivity index (χ3v) is 1.89. The first-order valence-electron chi connectivity index (χ1n) is 4.08. The Bertz CT molecular complexity index is 366. The summed E-state index contributed by atoms with van der Waals surface area (Å²) in [6.07, 6.45) is -2.49. The van der Waals surface area contributed by atoms with Crippen molar-refractivity contribution in [3.63, 3.8) is 0 Å². The maximum Gasteiger partial charge on any atom is 0.265 e. The number of carbonyl (C=O) groups is 1. The number of nitrogens with two attached hydrogens (primary N) is 1. The summed E-state index contributed by atoms with van der Waals surface area (Å²) in [5.74, 6) is 0.0473. The summed E-state index contributed by atoms with van der Waals surface area (Å²) in [7, 11) is 0. The zero-order valence-electron chi connectivity index (χ0n) is 7.21. The van der Waals surface area contributed by atoms with E-state index in [4.69, 9.17) is 15.2 Å². The molecule has 2 atom stereocenters. The van der Waals surface area contributed by atoms with Gasteiger partial charge in [-0.3, -0.25) is 4.79 Å². The Kier molecular flexibility index (Phi) is 2.01. The number of benzene rings is 1. The normalized spacial score (nSPS) is 24.4. The van der Waals surface area contributed by atoms with Gasteiger partial charge in [-0.05, 0) is 12.1 Å². The highest BCUT2D eigenvalue weighted by Crippen LogP contribution is 2.32. The molecule has 0 spiro atoms. The Morgan fingerprint density at radius 3 is 2.43 bits per heavy atom. The SMILES string of the molecule is NC(=O)C1Oc2ccccc2OC1O. The smallest absolute Gasteiger partial charge is 0.265 e. The molecular formula is C9H9NO4. The number of rotatable bonds is 1. The molecule has 14 heavy (non-hydrogen) atoms. The molecule has 0 bridgehead atoms. The van der Waals surface area contributed by atoms with E-state index in [1.807, 2.05) is 0 Å². The van der Waals surface area contributed by atoms with E-state index in [1.54, 1.807) is 24.3 Å². The van der Waals surface area contributed by atoms with Crippen molar-refractivity contribution in [3.8, 4) is 11.5 Å². The standard InChI is InChI=1S/C9H9NO4/c10-8(11)7-9(12)14-6-4-2-1-3-5(6)13-7/h1-4,7,9,12H,(H2,10,11). The lowest BCUT2D eigenvalue weighted by molar-refractivity contribution is -0.149. The molecular weight excluding hydrogens is 186 g/mol. The third kappa shape index (κ3) is 1.38. The van der Waals surface area contributed by atoms with Crippen LogP contribution in [0.25, 0.3) is 0 Å². The van der Waals surface area contributed by atoms with Crippen molar-refractivity contribution < 1.29 is 19.4 Å². The van der Waals surface area contributed by atoms with Gasteiger partial charge in [0.2, 0.25) is 12.4 Å². The Balaban J connectivity index is 2.31. The Morgan fingerprint density at radius 1 is 1.29 bits per heavy atom. The van der Waals surface area contributed by atoms with Gasteiger partial charge in [0.15, 0.2) is 11.5 Å². The van der Waals surface area contributed by atoms with Gasteiger partial charge in [0, 0.05) is 0 Å². The number of hydrogen-bond acceptors (Lipinski definition) is 4. The van der Waals surface area contributed by atoms with Crippen LogP contribution in [0.2, 0.25) is 0 Å². The van der Waals surface area contributed by atoms with Crippen molar-refractivity contribution >= 4 is 5.91 Å². The lowest BCUT2D eigenvalue weighted by atomic mass is 10.2. The summed E-state index contributed by atoms with van der Waals surface area (Å²) >= 11 is 0. The van der Waals surface area contributed by atoms with Crippen LogP contribution in [0.15, 0.2) is 24.3 Å². The van der Waals surface area contributed by atoms with Gasteiger partial charge >= 0.3 is 0 Å². The van der Waals surface area contributed by atoms with Gasteiger partial charge in [-0.2, -0.15) is 0 Å². The average molecular weight is 195 g/mol. The van der Waals surface area contributed by atoms with Gasteiger partial charge in [-0.25, -0.2) is 0 Å². The second-order valence-electron chi connectivity index (χ2n) is 2.90. The quantitative estimate of drug-likeness (QED) is 0.640. The highest BCUT2D eigenvalue weighted by atomic mass is 16.7. The van der Waals surface area contributed by atoms with Crippen molar-refractivity contribution in [1.82, 2.24) is 0 Å². The molecule has 0 aliphatic carbocycles. The summed E-state index contributed by atoms with van der Waals surface area (Å²) in [6.45, 7) is 0. The molecule has 0 radical (unpaired) electrons. The van der Waals surface area contributed by atoms with E-state index in [-0.39, 0.29) is 0 Å². The minimum Gasteiger partial charge on any atom is -0.470 e. The van der Waals surface area contributed by atoms with Crippen LogP contribution in [-0.2, 0) is 4.79 Å². The van der Waals surface area contributed by atoms with Crippen molar-refractivity contribution in [1.29, 1.82) is 0 Å². The number of aliphatic hydroxyl groups is 1. The van der Waals surface area contributed by atoms with Crippen LogP contribution in [0.1, 0.15) is 0 Å². The zero-order valence-corrected chi connectivity index (χ0v) is 7.21. The van der Waals surface area contributed by atoms with Crippen LogP contribution in [0, 0.1) is 0 Å². The first-order chi connectivity index (χ1) is 6.68. The molecule has 0 fully saturated rings. The molecule has 2 unspecified atom stereocenters. The fraction of sp³-hybridized carbons (Fsp3) is 0.222. The summed E-state index contributed by atoms with van der Waals surface area (Å²) in [5, 5.41) is 9.34. The summed E-state index contributed by atoms with van der Waals surface area (Å²) < 4.78 is 10.2. The number of ether oxygens (including phenoxy) is 2. The van der Waals surface area contributed by atoms with Gasteiger partial charge in [0.05, 0.1) is 0 Å². The first-order valence-corrected chi connectivity index (χ1v) is 4.08. The van der Waals surface area contributed by atoms with Gasteiger partial charge < -0.3 is 20.3 Å². The molecule has 0 saturated carbocycles. The van der Waals surface area contributed by atoms with Crippen molar-refractivity contribution in [2.75, 3.05) is 0 Å².